The summed E-state index contributed by atoms with van der Waals surface area (Å²) in [5.41, 5.74) is 4.94. The molecule has 2 amide bonds. The van der Waals surface area contributed by atoms with E-state index in [0.29, 0.717) is 10.4 Å². The van der Waals surface area contributed by atoms with E-state index in [0.717, 1.165) is 0 Å². The molecule has 0 bridgehead atoms. The molecule has 0 spiro atoms. The number of benzene rings is 1. The van der Waals surface area contributed by atoms with Crippen LogP contribution in [-0.4, -0.2) is 16.7 Å². The van der Waals surface area contributed by atoms with Crippen molar-refractivity contribution < 1.29 is 14.5 Å². The maximum Gasteiger partial charge on any atom is 0.279 e. The number of thiophene rings is 1. The number of nitro benzene ring substituents is 1. The summed E-state index contributed by atoms with van der Waals surface area (Å²) >= 11 is 1.25. The summed E-state index contributed by atoms with van der Waals surface area (Å²) in [6, 6.07) is 9.21. The van der Waals surface area contributed by atoms with E-state index in [9.17, 15) is 19.7 Å². The highest BCUT2D eigenvalue weighted by molar-refractivity contribution is 7.12. The first-order valence-electron chi connectivity index (χ1n) is 6.12. The van der Waals surface area contributed by atoms with E-state index in [2.05, 4.69) is 10.9 Å². The molecule has 2 aromatic rings. The van der Waals surface area contributed by atoms with E-state index in [1.165, 1.54) is 41.7 Å². The molecule has 0 unspecified atom stereocenters. The second kappa shape index (κ2) is 7.14. The van der Waals surface area contributed by atoms with E-state index >= 15 is 0 Å². The average molecular weight is 317 g/mol. The van der Waals surface area contributed by atoms with Gasteiger partial charge in [0.05, 0.1) is 9.80 Å². The van der Waals surface area contributed by atoms with Gasteiger partial charge in [-0.25, -0.2) is 0 Å². The lowest BCUT2D eigenvalue weighted by molar-refractivity contribution is -0.384. The predicted octanol–water partition coefficient (Wildman–Crippen LogP) is 2.13. The van der Waals surface area contributed by atoms with E-state index in [1.807, 2.05) is 0 Å². The van der Waals surface area contributed by atoms with Gasteiger partial charge in [-0.1, -0.05) is 18.2 Å². The number of hydrogen-bond acceptors (Lipinski definition) is 5. The number of nitrogens with one attached hydrogen (secondary N) is 2. The number of carbonyl (C=O) groups excluding carboxylic acids is 2. The van der Waals surface area contributed by atoms with E-state index < -0.39 is 16.7 Å². The molecule has 1 aromatic heterocycles. The first kappa shape index (κ1) is 15.4. The summed E-state index contributed by atoms with van der Waals surface area (Å²) in [6.07, 6.45) is 2.59. The van der Waals surface area contributed by atoms with E-state index in [4.69, 9.17) is 0 Å². The van der Waals surface area contributed by atoms with Crippen molar-refractivity contribution in [2.45, 2.75) is 0 Å². The molecule has 2 N–H and O–H groups in total. The van der Waals surface area contributed by atoms with Crippen molar-refractivity contribution in [3.8, 4) is 0 Å². The number of nitrogens with zero attached hydrogens (tertiary/aromatic N) is 1. The van der Waals surface area contributed by atoms with Gasteiger partial charge >= 0.3 is 0 Å². The fourth-order valence-electron chi connectivity index (χ4n) is 1.54. The monoisotopic (exact) mass is 317 g/mol. The van der Waals surface area contributed by atoms with Gasteiger partial charge in [-0.2, -0.15) is 0 Å². The number of hydrogen-bond donors (Lipinski definition) is 2. The lowest BCUT2D eigenvalue weighted by atomic mass is 10.2. The van der Waals surface area contributed by atoms with Crippen molar-refractivity contribution in [2.24, 2.45) is 0 Å². The van der Waals surface area contributed by atoms with Crippen LogP contribution < -0.4 is 10.9 Å². The summed E-state index contributed by atoms with van der Waals surface area (Å²) in [7, 11) is 0. The van der Waals surface area contributed by atoms with Crippen LogP contribution in [0.4, 0.5) is 5.69 Å². The third kappa shape index (κ3) is 4.25. The molecule has 22 heavy (non-hydrogen) atoms. The van der Waals surface area contributed by atoms with Crippen LogP contribution in [0.5, 0.6) is 0 Å². The van der Waals surface area contributed by atoms with Crippen LogP contribution in [0, 0.1) is 10.1 Å². The molecule has 0 fully saturated rings. The molecule has 0 atom stereocenters. The SMILES string of the molecule is O=C(C=Cc1cccc([N+](=O)[O-])c1)NNC(=O)c1cccs1. The highest BCUT2D eigenvalue weighted by atomic mass is 32.1. The fourth-order valence-corrected chi connectivity index (χ4v) is 2.16. The van der Waals surface area contributed by atoms with Crippen molar-refractivity contribution >= 4 is 34.9 Å². The Hall–Kier alpha value is -3.00. The van der Waals surface area contributed by atoms with Gasteiger partial charge in [0.25, 0.3) is 17.5 Å². The maximum atomic E-state index is 11.6. The lowest BCUT2D eigenvalue weighted by Gasteiger charge is -2.02. The van der Waals surface area contributed by atoms with Crippen LogP contribution in [0.15, 0.2) is 47.9 Å². The van der Waals surface area contributed by atoms with Crippen LogP contribution in [0.3, 0.4) is 0 Å². The molecule has 7 nitrogen and oxygen atoms in total. The van der Waals surface area contributed by atoms with Gasteiger partial charge in [0.1, 0.15) is 0 Å². The minimum absolute atomic E-state index is 0.0615. The molecule has 0 aliphatic rings. The van der Waals surface area contributed by atoms with Crippen LogP contribution in [0.1, 0.15) is 15.2 Å². The van der Waals surface area contributed by atoms with Gasteiger partial charge in [-0.3, -0.25) is 30.6 Å². The normalized spacial score (nSPS) is 10.4. The Balaban J connectivity index is 1.90. The first-order chi connectivity index (χ1) is 10.6. The van der Waals surface area contributed by atoms with E-state index in [1.54, 1.807) is 23.6 Å². The maximum absolute atomic E-state index is 11.6. The van der Waals surface area contributed by atoms with Crippen molar-refractivity contribution in [1.29, 1.82) is 0 Å². The Morgan fingerprint density at radius 3 is 2.68 bits per heavy atom. The minimum Gasteiger partial charge on any atom is -0.268 e. The topological polar surface area (TPSA) is 101 Å². The van der Waals surface area contributed by atoms with Crippen molar-refractivity contribution in [1.82, 2.24) is 10.9 Å². The zero-order chi connectivity index (χ0) is 15.9. The molecular formula is C14H11N3O4S. The number of amides is 2. The third-order valence-corrected chi connectivity index (χ3v) is 3.42. The molecule has 0 aliphatic heterocycles. The van der Waals surface area contributed by atoms with Crippen LogP contribution in [0.2, 0.25) is 0 Å². The Morgan fingerprint density at radius 2 is 2.00 bits per heavy atom. The average Bonchev–Trinajstić information content (AvgIpc) is 3.05. The predicted molar refractivity (Wildman–Crippen MR) is 82.1 cm³/mol. The summed E-state index contributed by atoms with van der Waals surface area (Å²) in [6.45, 7) is 0. The Kier molecular flexibility index (Phi) is 4.99. The molecule has 0 saturated heterocycles. The molecule has 1 heterocycles. The quantitative estimate of drug-likeness (QED) is 0.512. The largest absolute Gasteiger partial charge is 0.279 e. The first-order valence-corrected chi connectivity index (χ1v) is 7.00. The molecule has 0 radical (unpaired) electrons. The van der Waals surface area contributed by atoms with Gasteiger partial charge < -0.3 is 0 Å². The second-order valence-electron chi connectivity index (χ2n) is 4.11. The van der Waals surface area contributed by atoms with Crippen LogP contribution >= 0.6 is 11.3 Å². The molecule has 8 heteroatoms. The smallest absolute Gasteiger partial charge is 0.268 e. The zero-order valence-corrected chi connectivity index (χ0v) is 12.0. The second-order valence-corrected chi connectivity index (χ2v) is 5.05. The highest BCUT2D eigenvalue weighted by Gasteiger charge is 2.07. The zero-order valence-electron chi connectivity index (χ0n) is 11.2. The van der Waals surface area contributed by atoms with Crippen LogP contribution in [-0.2, 0) is 4.79 Å². The Labute approximate surface area is 129 Å². The van der Waals surface area contributed by atoms with Gasteiger partial charge in [0.2, 0.25) is 0 Å². The highest BCUT2D eigenvalue weighted by Crippen LogP contribution is 2.14. The number of hydrazine groups is 1. The molecule has 1 aromatic carbocycles. The van der Waals surface area contributed by atoms with Gasteiger partial charge in [-0.15, -0.1) is 11.3 Å². The van der Waals surface area contributed by atoms with Crippen molar-refractivity contribution in [3.63, 3.8) is 0 Å². The number of carbonyl (C=O) groups is 2. The van der Waals surface area contributed by atoms with Crippen molar-refractivity contribution in [3.05, 3.63) is 68.4 Å². The lowest BCUT2D eigenvalue weighted by Crippen LogP contribution is -2.40. The Morgan fingerprint density at radius 1 is 1.18 bits per heavy atom. The van der Waals surface area contributed by atoms with Crippen LogP contribution in [0.25, 0.3) is 6.08 Å². The van der Waals surface area contributed by atoms with Gasteiger partial charge in [0, 0.05) is 18.2 Å². The van der Waals surface area contributed by atoms with Crippen molar-refractivity contribution in [2.75, 3.05) is 0 Å². The summed E-state index contributed by atoms with van der Waals surface area (Å²) in [5, 5.41) is 12.4. The number of non-ortho nitro benzene ring substituents is 1. The number of nitro groups is 1. The van der Waals surface area contributed by atoms with Gasteiger partial charge in [0.15, 0.2) is 0 Å². The summed E-state index contributed by atoms with van der Waals surface area (Å²) < 4.78 is 0. The molecule has 112 valence electrons. The summed E-state index contributed by atoms with van der Waals surface area (Å²) in [4.78, 5) is 33.8. The fraction of sp³-hybridized carbons (Fsp3) is 0. The molecule has 2 rings (SSSR count). The summed E-state index contributed by atoms with van der Waals surface area (Å²) in [5.74, 6) is -0.955. The minimum atomic E-state index is -0.545. The molecule has 0 saturated carbocycles. The van der Waals surface area contributed by atoms with E-state index in [-0.39, 0.29) is 5.69 Å². The Bertz CT molecular complexity index is 725. The van der Waals surface area contributed by atoms with Gasteiger partial charge in [-0.05, 0) is 23.1 Å². The number of rotatable bonds is 4. The third-order valence-electron chi connectivity index (χ3n) is 2.55. The molecular weight excluding hydrogens is 306 g/mol. The standard InChI is InChI=1S/C14H11N3O4S/c18-13(15-16-14(19)12-5-2-8-22-12)7-6-10-3-1-4-11(9-10)17(20)21/h1-9H,(H,15,18)(H,16,19). The molecule has 0 aliphatic carbocycles.